The summed E-state index contributed by atoms with van der Waals surface area (Å²) in [5, 5.41) is 9.45. The molecule has 0 aliphatic heterocycles. The van der Waals surface area contributed by atoms with Crippen LogP contribution < -0.4 is 19.4 Å². The smallest absolute Gasteiger partial charge is 0.332 e. The van der Waals surface area contributed by atoms with Crippen molar-refractivity contribution in [3.8, 4) is 0 Å². The third kappa shape index (κ3) is 6.76. The number of imidazole rings is 1. The van der Waals surface area contributed by atoms with Gasteiger partial charge >= 0.3 is 5.82 Å². The molecule has 0 fully saturated rings. The zero-order chi connectivity index (χ0) is 27.1. The van der Waals surface area contributed by atoms with Gasteiger partial charge in [0.15, 0.2) is 12.4 Å². The average molecular weight is 507 g/mol. The number of hydrogen-bond donors (Lipinski definition) is 0. The molecule has 194 valence electrons. The van der Waals surface area contributed by atoms with Crippen LogP contribution in [0.25, 0.3) is 12.2 Å². The molecule has 0 saturated carbocycles. The predicted octanol–water partition coefficient (Wildman–Crippen LogP) is 4.91. The molecule has 1 heterocycles. The van der Waals surface area contributed by atoms with Crippen molar-refractivity contribution in [1.82, 2.24) is 4.68 Å². The van der Waals surface area contributed by atoms with Gasteiger partial charge in [0.05, 0.1) is 12.4 Å². The van der Waals surface area contributed by atoms with Gasteiger partial charge in [0.2, 0.25) is 0 Å². The van der Waals surface area contributed by atoms with E-state index in [0.717, 1.165) is 39.6 Å². The van der Waals surface area contributed by atoms with Crippen LogP contribution >= 0.6 is 0 Å². The summed E-state index contributed by atoms with van der Waals surface area (Å²) in [5.41, 5.74) is 6.61. The molecule has 7 nitrogen and oxygen atoms in total. The molecule has 7 heteroatoms. The minimum Gasteiger partial charge on any atom is -0.378 e. The van der Waals surface area contributed by atoms with Gasteiger partial charge in [-0.15, -0.1) is 0 Å². The third-order valence-electron chi connectivity index (χ3n) is 6.13. The summed E-state index contributed by atoms with van der Waals surface area (Å²) in [6.45, 7) is 0. The Morgan fingerprint density at radius 3 is 1.50 bits per heavy atom. The lowest BCUT2D eigenvalue weighted by molar-refractivity contribution is -0.679. The van der Waals surface area contributed by atoms with Crippen LogP contribution in [0.5, 0.6) is 0 Å². The molecule has 0 amide bonds. The van der Waals surface area contributed by atoms with Crippen LogP contribution in [0.3, 0.4) is 0 Å². The first kappa shape index (κ1) is 26.4. The fourth-order valence-corrected chi connectivity index (χ4v) is 3.76. The van der Waals surface area contributed by atoms with Crippen LogP contribution in [0.1, 0.15) is 22.5 Å². The van der Waals surface area contributed by atoms with Crippen molar-refractivity contribution in [1.29, 1.82) is 0 Å². The first-order valence-corrected chi connectivity index (χ1v) is 12.5. The molecule has 0 aliphatic carbocycles. The molecule has 0 atom stereocenters. The van der Waals surface area contributed by atoms with Crippen molar-refractivity contribution in [2.24, 2.45) is 10.2 Å². The molecular weight excluding hydrogens is 470 g/mol. The van der Waals surface area contributed by atoms with Crippen LogP contribution in [0, 0.1) is 0 Å². The zero-order valence-electron chi connectivity index (χ0n) is 23.0. The maximum Gasteiger partial charge on any atom is 0.332 e. The molecule has 0 spiro atoms. The zero-order valence-corrected chi connectivity index (χ0v) is 23.0. The van der Waals surface area contributed by atoms with Crippen molar-refractivity contribution in [3.05, 3.63) is 108 Å². The Kier molecular flexibility index (Phi) is 8.38. The fourth-order valence-electron chi connectivity index (χ4n) is 3.76. The number of aromatic nitrogens is 2. The summed E-state index contributed by atoms with van der Waals surface area (Å²) in [6, 6.07) is 25.0. The number of benzene rings is 3. The standard InChI is InChI=1S/C31H36N7/c1-34(2)28-14-7-25(8-15-28)13-20-31-37(32-23-26-9-16-29(17-10-26)35(3)4)21-22-38(31)33-24-27-11-18-30(19-12-27)36(5)6/h7-24H,1-6H3/q+1. The fraction of sp³-hybridized carbons (Fsp3) is 0.194. The Morgan fingerprint density at radius 1 is 0.579 bits per heavy atom. The van der Waals surface area contributed by atoms with E-state index in [1.54, 1.807) is 0 Å². The second-order valence-corrected chi connectivity index (χ2v) is 9.63. The Labute approximate surface area is 225 Å². The van der Waals surface area contributed by atoms with Crippen LogP contribution in [-0.4, -0.2) is 59.4 Å². The molecule has 0 radical (unpaired) electrons. The van der Waals surface area contributed by atoms with E-state index < -0.39 is 0 Å². The Bertz CT molecular complexity index is 1330. The molecule has 1 aromatic heterocycles. The van der Waals surface area contributed by atoms with E-state index in [4.69, 9.17) is 10.2 Å². The molecule has 0 bridgehead atoms. The maximum absolute atomic E-state index is 4.73. The normalized spacial score (nSPS) is 11.6. The summed E-state index contributed by atoms with van der Waals surface area (Å²) in [6.07, 6.45) is 11.6. The van der Waals surface area contributed by atoms with E-state index >= 15 is 0 Å². The molecule has 4 aromatic rings. The highest BCUT2D eigenvalue weighted by Crippen LogP contribution is 2.15. The minimum absolute atomic E-state index is 0.823. The van der Waals surface area contributed by atoms with Crippen LogP contribution in [0.2, 0.25) is 0 Å². The third-order valence-corrected chi connectivity index (χ3v) is 6.13. The molecule has 0 N–H and O–H groups in total. The minimum atomic E-state index is 0.823. The largest absolute Gasteiger partial charge is 0.378 e. The van der Waals surface area contributed by atoms with Crippen molar-refractivity contribution < 1.29 is 4.68 Å². The van der Waals surface area contributed by atoms with Crippen LogP contribution in [-0.2, 0) is 0 Å². The molecule has 4 rings (SSSR count). The average Bonchev–Trinajstić information content (AvgIpc) is 3.31. The highest BCUT2D eigenvalue weighted by molar-refractivity contribution is 5.81. The number of anilines is 3. The van der Waals surface area contributed by atoms with Gasteiger partial charge in [0.25, 0.3) is 0 Å². The lowest BCUT2D eigenvalue weighted by Crippen LogP contribution is -2.29. The first-order chi connectivity index (χ1) is 18.3. The Balaban J connectivity index is 1.63. The van der Waals surface area contributed by atoms with Gasteiger partial charge in [0.1, 0.15) is 0 Å². The van der Waals surface area contributed by atoms with Gasteiger partial charge in [0, 0.05) is 65.4 Å². The topological polar surface area (TPSA) is 43.3 Å². The molecule has 0 aliphatic rings. The van der Waals surface area contributed by atoms with Crippen molar-refractivity contribution in [2.45, 2.75) is 0 Å². The van der Waals surface area contributed by atoms with Crippen molar-refractivity contribution in [2.75, 3.05) is 57.0 Å². The molecule has 3 aromatic carbocycles. The summed E-state index contributed by atoms with van der Waals surface area (Å²) >= 11 is 0. The van der Waals surface area contributed by atoms with Gasteiger partial charge in [-0.2, -0.15) is 0 Å². The molecular formula is C31H36N7+. The van der Waals surface area contributed by atoms with E-state index in [1.165, 1.54) is 0 Å². The van der Waals surface area contributed by atoms with Crippen LogP contribution in [0.15, 0.2) is 95.4 Å². The predicted molar refractivity (Wildman–Crippen MR) is 162 cm³/mol. The van der Waals surface area contributed by atoms with Gasteiger partial charge in [-0.1, -0.05) is 56.0 Å². The quantitative estimate of drug-likeness (QED) is 0.239. The summed E-state index contributed by atoms with van der Waals surface area (Å²) in [5.74, 6) is 0.823. The van der Waals surface area contributed by atoms with E-state index in [2.05, 4.69) is 93.6 Å². The van der Waals surface area contributed by atoms with E-state index in [9.17, 15) is 0 Å². The number of nitrogens with zero attached hydrogens (tertiary/aromatic N) is 7. The van der Waals surface area contributed by atoms with Crippen molar-refractivity contribution >= 4 is 41.6 Å². The second-order valence-electron chi connectivity index (χ2n) is 9.63. The van der Waals surface area contributed by atoms with E-state index in [-0.39, 0.29) is 0 Å². The Hall–Kier alpha value is -4.65. The highest BCUT2D eigenvalue weighted by atomic mass is 15.5. The number of hydrogen-bond acceptors (Lipinski definition) is 5. The SMILES string of the molecule is CN(C)c1ccc(C=Cc2n(N=Cc3ccc(N(C)C)cc3)cc[n+]2N=Cc2ccc(N(C)C)cc2)cc1. The lowest BCUT2D eigenvalue weighted by atomic mass is 10.2. The second kappa shape index (κ2) is 12.1. The van der Waals surface area contributed by atoms with E-state index in [0.29, 0.717) is 0 Å². The monoisotopic (exact) mass is 506 g/mol. The lowest BCUT2D eigenvalue weighted by Gasteiger charge is -2.11. The summed E-state index contributed by atoms with van der Waals surface area (Å²) in [7, 11) is 12.2. The summed E-state index contributed by atoms with van der Waals surface area (Å²) in [4.78, 5) is 6.25. The van der Waals surface area contributed by atoms with E-state index in [1.807, 2.05) is 82.5 Å². The molecule has 38 heavy (non-hydrogen) atoms. The van der Waals surface area contributed by atoms with Crippen molar-refractivity contribution in [3.63, 3.8) is 0 Å². The number of rotatable bonds is 9. The van der Waals surface area contributed by atoms with Gasteiger partial charge in [-0.25, -0.2) is 0 Å². The van der Waals surface area contributed by atoms with Gasteiger partial charge in [-0.3, -0.25) is 0 Å². The van der Waals surface area contributed by atoms with Crippen LogP contribution in [0.4, 0.5) is 17.1 Å². The maximum atomic E-state index is 4.73. The first-order valence-electron chi connectivity index (χ1n) is 12.5. The highest BCUT2D eigenvalue weighted by Gasteiger charge is 2.14. The summed E-state index contributed by atoms with van der Waals surface area (Å²) < 4.78 is 3.66. The van der Waals surface area contributed by atoms with Gasteiger partial charge < -0.3 is 14.7 Å². The molecule has 0 unspecified atom stereocenters. The van der Waals surface area contributed by atoms with Gasteiger partial charge in [-0.05, 0) is 59.2 Å². The molecule has 0 saturated heterocycles. The Morgan fingerprint density at radius 2 is 1.03 bits per heavy atom.